The number of hydrogen-bond acceptors (Lipinski definition) is 5. The highest BCUT2D eigenvalue weighted by molar-refractivity contribution is 5.48. The van der Waals surface area contributed by atoms with Crippen LogP contribution in [0.5, 0.6) is 0 Å². The van der Waals surface area contributed by atoms with Gasteiger partial charge in [0.05, 0.1) is 11.8 Å². The molecule has 1 aliphatic heterocycles. The number of aryl methyl sites for hydroxylation is 2. The standard InChI is InChI=1S/C20H29N3O2/c1-14(21-11-8-20-15(2)22-25-16(20)3)17-4-6-18(7-5-17)23-12-9-19(24)10-13-23/h4-7,14,19,21,24H,8-13H2,1-3H3. The van der Waals surface area contributed by atoms with Gasteiger partial charge in [0.25, 0.3) is 0 Å². The van der Waals surface area contributed by atoms with Gasteiger partial charge in [-0.2, -0.15) is 0 Å². The summed E-state index contributed by atoms with van der Waals surface area (Å²) in [6.07, 6.45) is 2.53. The third kappa shape index (κ3) is 4.41. The second-order valence-corrected chi connectivity index (χ2v) is 7.04. The SMILES string of the molecule is Cc1noc(C)c1CCNC(C)c1ccc(N2CCC(O)CC2)cc1. The minimum atomic E-state index is -0.127. The van der Waals surface area contributed by atoms with E-state index in [9.17, 15) is 5.11 Å². The van der Waals surface area contributed by atoms with Crippen LogP contribution >= 0.6 is 0 Å². The summed E-state index contributed by atoms with van der Waals surface area (Å²) >= 11 is 0. The van der Waals surface area contributed by atoms with Crippen molar-refractivity contribution in [3.63, 3.8) is 0 Å². The van der Waals surface area contributed by atoms with Crippen molar-refractivity contribution < 1.29 is 9.63 Å². The molecule has 5 heteroatoms. The zero-order chi connectivity index (χ0) is 17.8. The van der Waals surface area contributed by atoms with Crippen molar-refractivity contribution in [2.75, 3.05) is 24.5 Å². The number of aliphatic hydroxyl groups is 1. The van der Waals surface area contributed by atoms with E-state index in [-0.39, 0.29) is 6.10 Å². The Kier molecular flexibility index (Phi) is 5.76. The Bertz CT molecular complexity index is 653. The maximum Gasteiger partial charge on any atom is 0.137 e. The van der Waals surface area contributed by atoms with E-state index in [0.717, 1.165) is 50.4 Å². The maximum absolute atomic E-state index is 9.63. The van der Waals surface area contributed by atoms with Gasteiger partial charge in [-0.25, -0.2) is 0 Å². The van der Waals surface area contributed by atoms with Crippen LogP contribution in [-0.2, 0) is 6.42 Å². The molecule has 0 bridgehead atoms. The second kappa shape index (κ2) is 8.02. The molecule has 1 aliphatic rings. The molecule has 1 aromatic heterocycles. The van der Waals surface area contributed by atoms with Crippen LogP contribution in [0.4, 0.5) is 5.69 Å². The number of anilines is 1. The molecule has 0 aliphatic carbocycles. The molecule has 25 heavy (non-hydrogen) atoms. The third-order valence-electron chi connectivity index (χ3n) is 5.23. The van der Waals surface area contributed by atoms with Crippen LogP contribution in [0, 0.1) is 13.8 Å². The maximum atomic E-state index is 9.63. The second-order valence-electron chi connectivity index (χ2n) is 7.04. The van der Waals surface area contributed by atoms with Crippen LogP contribution in [0.3, 0.4) is 0 Å². The molecule has 1 fully saturated rings. The molecule has 0 spiro atoms. The first-order chi connectivity index (χ1) is 12.0. The molecule has 0 saturated carbocycles. The van der Waals surface area contributed by atoms with Crippen molar-refractivity contribution in [3.05, 3.63) is 46.8 Å². The Morgan fingerprint density at radius 3 is 2.52 bits per heavy atom. The van der Waals surface area contributed by atoms with Gasteiger partial charge in [0, 0.05) is 30.4 Å². The molecule has 2 aromatic rings. The fraction of sp³-hybridized carbons (Fsp3) is 0.550. The van der Waals surface area contributed by atoms with Gasteiger partial charge in [-0.05, 0) is 64.3 Å². The molecule has 0 amide bonds. The number of hydrogen-bond donors (Lipinski definition) is 2. The molecule has 1 saturated heterocycles. The highest BCUT2D eigenvalue weighted by Gasteiger charge is 2.17. The van der Waals surface area contributed by atoms with E-state index in [1.165, 1.54) is 16.8 Å². The minimum Gasteiger partial charge on any atom is -0.393 e. The smallest absolute Gasteiger partial charge is 0.137 e. The lowest BCUT2D eigenvalue weighted by atomic mass is 10.0. The fourth-order valence-corrected chi connectivity index (χ4v) is 3.49. The first kappa shape index (κ1) is 18.0. The number of aromatic nitrogens is 1. The predicted octanol–water partition coefficient (Wildman–Crippen LogP) is 3.15. The quantitative estimate of drug-likeness (QED) is 0.844. The summed E-state index contributed by atoms with van der Waals surface area (Å²) in [7, 11) is 0. The molecule has 136 valence electrons. The van der Waals surface area contributed by atoms with Crippen LogP contribution < -0.4 is 10.2 Å². The van der Waals surface area contributed by atoms with Crippen LogP contribution in [0.1, 0.15) is 48.4 Å². The molecular weight excluding hydrogens is 314 g/mol. The average molecular weight is 343 g/mol. The molecule has 1 unspecified atom stereocenters. The summed E-state index contributed by atoms with van der Waals surface area (Å²) in [6, 6.07) is 9.10. The van der Waals surface area contributed by atoms with Gasteiger partial charge in [0.15, 0.2) is 0 Å². The summed E-state index contributed by atoms with van der Waals surface area (Å²) < 4.78 is 5.22. The summed E-state index contributed by atoms with van der Waals surface area (Å²) in [5.41, 5.74) is 4.74. The number of nitrogens with one attached hydrogen (secondary N) is 1. The Morgan fingerprint density at radius 2 is 1.92 bits per heavy atom. The Hall–Kier alpha value is -1.85. The number of nitrogens with zero attached hydrogens (tertiary/aromatic N) is 2. The van der Waals surface area contributed by atoms with Crippen molar-refractivity contribution in [1.29, 1.82) is 0 Å². The van der Waals surface area contributed by atoms with Gasteiger partial charge in [0.1, 0.15) is 5.76 Å². The number of aliphatic hydroxyl groups excluding tert-OH is 1. The summed E-state index contributed by atoms with van der Waals surface area (Å²) in [5.74, 6) is 0.919. The first-order valence-electron chi connectivity index (χ1n) is 9.22. The lowest BCUT2D eigenvalue weighted by Gasteiger charge is -2.31. The van der Waals surface area contributed by atoms with Gasteiger partial charge in [-0.1, -0.05) is 17.3 Å². The summed E-state index contributed by atoms with van der Waals surface area (Å²) in [4.78, 5) is 2.35. The zero-order valence-electron chi connectivity index (χ0n) is 15.5. The number of piperidine rings is 1. The van der Waals surface area contributed by atoms with Crippen molar-refractivity contribution in [2.45, 2.75) is 52.2 Å². The van der Waals surface area contributed by atoms with Crippen LogP contribution in [0.25, 0.3) is 0 Å². The molecular formula is C20H29N3O2. The van der Waals surface area contributed by atoms with E-state index in [2.05, 4.69) is 46.6 Å². The summed E-state index contributed by atoms with van der Waals surface area (Å²) in [6.45, 7) is 8.93. The highest BCUT2D eigenvalue weighted by atomic mass is 16.5. The average Bonchev–Trinajstić information content (AvgIpc) is 2.94. The van der Waals surface area contributed by atoms with Gasteiger partial charge < -0.3 is 19.8 Å². The third-order valence-corrected chi connectivity index (χ3v) is 5.23. The Labute approximate surface area is 150 Å². The lowest BCUT2D eigenvalue weighted by molar-refractivity contribution is 0.145. The van der Waals surface area contributed by atoms with Crippen LogP contribution in [-0.4, -0.2) is 36.0 Å². The van der Waals surface area contributed by atoms with Gasteiger partial charge in [-0.15, -0.1) is 0 Å². The van der Waals surface area contributed by atoms with Gasteiger partial charge >= 0.3 is 0 Å². The molecule has 0 radical (unpaired) electrons. The van der Waals surface area contributed by atoms with E-state index >= 15 is 0 Å². The lowest BCUT2D eigenvalue weighted by Crippen LogP contribution is -2.35. The molecule has 2 heterocycles. The monoisotopic (exact) mass is 343 g/mol. The summed E-state index contributed by atoms with van der Waals surface area (Å²) in [5, 5.41) is 17.2. The topological polar surface area (TPSA) is 61.5 Å². The Morgan fingerprint density at radius 1 is 1.24 bits per heavy atom. The number of rotatable bonds is 6. The highest BCUT2D eigenvalue weighted by Crippen LogP contribution is 2.22. The van der Waals surface area contributed by atoms with Crippen molar-refractivity contribution in [3.8, 4) is 0 Å². The molecule has 2 N–H and O–H groups in total. The van der Waals surface area contributed by atoms with Crippen molar-refractivity contribution in [1.82, 2.24) is 10.5 Å². The first-order valence-corrected chi connectivity index (χ1v) is 9.22. The van der Waals surface area contributed by atoms with Gasteiger partial charge in [0.2, 0.25) is 0 Å². The van der Waals surface area contributed by atoms with Gasteiger partial charge in [-0.3, -0.25) is 0 Å². The Balaban J connectivity index is 1.51. The molecule has 3 rings (SSSR count). The molecule has 1 aromatic carbocycles. The largest absolute Gasteiger partial charge is 0.393 e. The normalized spacial score (nSPS) is 17.0. The fourth-order valence-electron chi connectivity index (χ4n) is 3.49. The predicted molar refractivity (Wildman–Crippen MR) is 100.0 cm³/mol. The van der Waals surface area contributed by atoms with E-state index < -0.39 is 0 Å². The number of benzene rings is 1. The van der Waals surface area contributed by atoms with Crippen molar-refractivity contribution >= 4 is 5.69 Å². The van der Waals surface area contributed by atoms with E-state index in [4.69, 9.17) is 4.52 Å². The van der Waals surface area contributed by atoms with Crippen LogP contribution in [0.2, 0.25) is 0 Å². The minimum absolute atomic E-state index is 0.127. The van der Waals surface area contributed by atoms with Crippen LogP contribution in [0.15, 0.2) is 28.8 Å². The van der Waals surface area contributed by atoms with E-state index in [0.29, 0.717) is 6.04 Å². The van der Waals surface area contributed by atoms with E-state index in [1.807, 2.05) is 13.8 Å². The zero-order valence-corrected chi connectivity index (χ0v) is 15.5. The van der Waals surface area contributed by atoms with E-state index in [1.54, 1.807) is 0 Å². The molecule has 1 atom stereocenters. The molecule has 5 nitrogen and oxygen atoms in total. The van der Waals surface area contributed by atoms with Crippen molar-refractivity contribution in [2.24, 2.45) is 0 Å².